The highest BCUT2D eigenvalue weighted by Crippen LogP contribution is 2.29. The molecule has 0 radical (unpaired) electrons. The van der Waals surface area contributed by atoms with Crippen LogP contribution in [0, 0.1) is 11.8 Å². The first-order valence-electron chi connectivity index (χ1n) is 10.9. The minimum atomic E-state index is -3.54. The van der Waals surface area contributed by atoms with E-state index in [4.69, 9.17) is 0 Å². The van der Waals surface area contributed by atoms with Crippen molar-refractivity contribution in [2.75, 3.05) is 18.1 Å². The lowest BCUT2D eigenvalue weighted by Crippen LogP contribution is -2.50. The minimum Gasteiger partial charge on any atom is -0.351 e. The van der Waals surface area contributed by atoms with Crippen LogP contribution in [0.2, 0.25) is 0 Å². The molecule has 1 saturated carbocycles. The van der Waals surface area contributed by atoms with Crippen LogP contribution in [0.3, 0.4) is 0 Å². The van der Waals surface area contributed by atoms with E-state index in [1.54, 1.807) is 37.3 Å². The lowest BCUT2D eigenvalue weighted by molar-refractivity contribution is -0.131. The summed E-state index contributed by atoms with van der Waals surface area (Å²) >= 11 is 0. The number of hydrogen-bond donors (Lipinski definition) is 3. The van der Waals surface area contributed by atoms with Gasteiger partial charge in [-0.3, -0.25) is 9.59 Å². The van der Waals surface area contributed by atoms with Crippen LogP contribution >= 0.6 is 0 Å². The molecule has 1 heterocycles. The summed E-state index contributed by atoms with van der Waals surface area (Å²) in [6.45, 7) is 1.91. The van der Waals surface area contributed by atoms with Gasteiger partial charge in [-0.25, -0.2) is 21.6 Å². The summed E-state index contributed by atoms with van der Waals surface area (Å²) in [7, 11) is -6.63. The second-order valence-corrected chi connectivity index (χ2v) is 12.7. The molecule has 1 aliphatic heterocycles. The van der Waals surface area contributed by atoms with Crippen LogP contribution in [0.15, 0.2) is 35.2 Å². The molecule has 0 spiro atoms. The Bertz CT molecular complexity index is 1020. The quantitative estimate of drug-likeness (QED) is 0.492. The van der Waals surface area contributed by atoms with Crippen molar-refractivity contribution >= 4 is 31.7 Å². The Hall–Kier alpha value is -1.98. The zero-order valence-electron chi connectivity index (χ0n) is 18.1. The highest BCUT2D eigenvalue weighted by molar-refractivity contribution is 7.91. The third kappa shape index (κ3) is 6.76. The van der Waals surface area contributed by atoms with E-state index in [0.29, 0.717) is 25.8 Å². The Morgan fingerprint density at radius 3 is 2.31 bits per heavy atom. The molecular formula is C21H31N3O6S2. The van der Waals surface area contributed by atoms with Gasteiger partial charge in [0.2, 0.25) is 21.8 Å². The van der Waals surface area contributed by atoms with Crippen LogP contribution in [0.4, 0.5) is 0 Å². The Morgan fingerprint density at radius 2 is 1.72 bits per heavy atom. The molecule has 1 aromatic carbocycles. The number of hydrogen-bond acceptors (Lipinski definition) is 6. The molecule has 2 fully saturated rings. The highest BCUT2D eigenvalue weighted by Gasteiger charge is 2.32. The fraction of sp³-hybridized carbons (Fsp3) is 0.619. The molecule has 0 bridgehead atoms. The average Bonchev–Trinajstić information content (AvgIpc) is 3.11. The van der Waals surface area contributed by atoms with Gasteiger partial charge in [0.05, 0.1) is 16.4 Å². The van der Waals surface area contributed by atoms with E-state index in [2.05, 4.69) is 15.4 Å². The second-order valence-electron chi connectivity index (χ2n) is 8.72. The minimum absolute atomic E-state index is 0.0581. The SMILES string of the molecule is C[C@@H](NC(=O)C1CCC(CNS(=O)(=O)c2ccccc2)CC1)C(=O)NC1CCS(=O)(=O)C1. The topological polar surface area (TPSA) is 139 Å². The van der Waals surface area contributed by atoms with Crippen LogP contribution in [0.5, 0.6) is 0 Å². The molecule has 9 nitrogen and oxygen atoms in total. The summed E-state index contributed by atoms with van der Waals surface area (Å²) in [5.41, 5.74) is 0. The zero-order chi connectivity index (χ0) is 23.4. The molecule has 2 aliphatic rings. The van der Waals surface area contributed by atoms with Crippen molar-refractivity contribution in [3.63, 3.8) is 0 Å². The van der Waals surface area contributed by atoms with Crippen LogP contribution in [0.1, 0.15) is 39.0 Å². The van der Waals surface area contributed by atoms with E-state index >= 15 is 0 Å². The van der Waals surface area contributed by atoms with E-state index in [-0.39, 0.29) is 40.1 Å². The van der Waals surface area contributed by atoms with Gasteiger partial charge in [0.25, 0.3) is 0 Å². The standard InChI is InChI=1S/C21H31N3O6S2/c1-15(20(25)24-18-11-12-31(27,28)14-18)23-21(26)17-9-7-16(8-10-17)13-22-32(29,30)19-5-3-2-4-6-19/h2-6,15-18,22H,7-14H2,1H3,(H,23,26)(H,24,25)/t15-,16?,17?,18?/m1/s1. The highest BCUT2D eigenvalue weighted by atomic mass is 32.2. The number of nitrogens with one attached hydrogen (secondary N) is 3. The van der Waals surface area contributed by atoms with Crippen molar-refractivity contribution in [1.29, 1.82) is 0 Å². The third-order valence-electron chi connectivity index (χ3n) is 6.16. The number of carbonyl (C=O) groups is 2. The normalized spacial score (nSPS) is 26.2. The first-order valence-corrected chi connectivity index (χ1v) is 14.2. The van der Waals surface area contributed by atoms with Crippen molar-refractivity contribution in [2.45, 2.75) is 56.0 Å². The Kier molecular flexibility index (Phi) is 7.94. The van der Waals surface area contributed by atoms with Crippen molar-refractivity contribution in [2.24, 2.45) is 11.8 Å². The predicted octanol–water partition coefficient (Wildman–Crippen LogP) is 0.579. The molecule has 2 amide bonds. The summed E-state index contributed by atoms with van der Waals surface area (Å²) in [5.74, 6) is -0.637. The van der Waals surface area contributed by atoms with Crippen LogP contribution in [-0.4, -0.2) is 58.8 Å². The second kappa shape index (κ2) is 10.3. The fourth-order valence-corrected chi connectivity index (χ4v) is 6.98. The monoisotopic (exact) mass is 485 g/mol. The first-order chi connectivity index (χ1) is 15.1. The van der Waals surface area contributed by atoms with Crippen LogP contribution < -0.4 is 15.4 Å². The molecule has 1 unspecified atom stereocenters. The molecule has 1 aliphatic carbocycles. The summed E-state index contributed by atoms with van der Waals surface area (Å²) in [4.78, 5) is 25.1. The molecule has 3 N–H and O–H groups in total. The van der Waals surface area contributed by atoms with Gasteiger partial charge in [-0.1, -0.05) is 18.2 Å². The van der Waals surface area contributed by atoms with Crippen molar-refractivity contribution in [3.05, 3.63) is 30.3 Å². The molecule has 1 aromatic rings. The van der Waals surface area contributed by atoms with Gasteiger partial charge >= 0.3 is 0 Å². The maximum Gasteiger partial charge on any atom is 0.242 e. The average molecular weight is 486 g/mol. The van der Waals surface area contributed by atoms with Crippen molar-refractivity contribution < 1.29 is 26.4 Å². The maximum absolute atomic E-state index is 12.6. The van der Waals surface area contributed by atoms with Crippen LogP contribution in [-0.2, 0) is 29.4 Å². The van der Waals surface area contributed by atoms with Crippen molar-refractivity contribution in [1.82, 2.24) is 15.4 Å². The van der Waals surface area contributed by atoms with Crippen molar-refractivity contribution in [3.8, 4) is 0 Å². The predicted molar refractivity (Wildman–Crippen MR) is 120 cm³/mol. The third-order valence-corrected chi connectivity index (χ3v) is 9.37. The van der Waals surface area contributed by atoms with Gasteiger partial charge in [-0.05, 0) is 57.1 Å². The number of carbonyl (C=O) groups excluding carboxylic acids is 2. The molecule has 1 saturated heterocycles. The molecular weight excluding hydrogens is 454 g/mol. The summed E-state index contributed by atoms with van der Waals surface area (Å²) in [6.07, 6.45) is 3.08. The van der Waals surface area contributed by atoms with E-state index in [0.717, 1.165) is 12.8 Å². The van der Waals surface area contributed by atoms with Gasteiger partial charge in [0.15, 0.2) is 9.84 Å². The zero-order valence-corrected chi connectivity index (χ0v) is 19.8. The first kappa shape index (κ1) is 24.7. The number of sulfonamides is 1. The Labute approximate surface area is 189 Å². The van der Waals surface area contributed by atoms with Crippen LogP contribution in [0.25, 0.3) is 0 Å². The summed E-state index contributed by atoms with van der Waals surface area (Å²) < 4.78 is 50.4. The summed E-state index contributed by atoms with van der Waals surface area (Å²) in [6, 6.07) is 7.06. The van der Waals surface area contributed by atoms with E-state index in [1.165, 1.54) is 0 Å². The number of sulfone groups is 1. The molecule has 3 rings (SSSR count). The lowest BCUT2D eigenvalue weighted by Gasteiger charge is -2.28. The number of amides is 2. The smallest absolute Gasteiger partial charge is 0.242 e. The van der Waals surface area contributed by atoms with Gasteiger partial charge in [-0.2, -0.15) is 0 Å². The molecule has 178 valence electrons. The maximum atomic E-state index is 12.6. The van der Waals surface area contributed by atoms with E-state index in [9.17, 15) is 26.4 Å². The molecule has 11 heteroatoms. The number of benzene rings is 1. The lowest BCUT2D eigenvalue weighted by atomic mass is 9.81. The molecule has 0 aromatic heterocycles. The van der Waals surface area contributed by atoms with E-state index < -0.39 is 31.9 Å². The van der Waals surface area contributed by atoms with Gasteiger partial charge in [0, 0.05) is 18.5 Å². The largest absolute Gasteiger partial charge is 0.351 e. The van der Waals surface area contributed by atoms with E-state index in [1.807, 2.05) is 0 Å². The molecule has 32 heavy (non-hydrogen) atoms. The fourth-order valence-electron chi connectivity index (χ4n) is 4.17. The van der Waals surface area contributed by atoms with Gasteiger partial charge in [0.1, 0.15) is 6.04 Å². The Balaban J connectivity index is 1.40. The Morgan fingerprint density at radius 1 is 1.06 bits per heavy atom. The number of rotatable bonds is 8. The van der Waals surface area contributed by atoms with Gasteiger partial charge in [-0.15, -0.1) is 0 Å². The molecule has 2 atom stereocenters. The van der Waals surface area contributed by atoms with Gasteiger partial charge < -0.3 is 10.6 Å². The summed E-state index contributed by atoms with van der Waals surface area (Å²) in [5, 5.41) is 5.42.